The molecule has 0 unspecified atom stereocenters. The summed E-state index contributed by atoms with van der Waals surface area (Å²) >= 11 is 0. The topological polar surface area (TPSA) is 50.1 Å². The van der Waals surface area contributed by atoms with E-state index in [1.165, 1.54) is 19.1 Å². The minimum absolute atomic E-state index is 0.0829. The van der Waals surface area contributed by atoms with Gasteiger partial charge in [0.15, 0.2) is 17.3 Å². The molecule has 18 heavy (non-hydrogen) atoms. The van der Waals surface area contributed by atoms with Gasteiger partial charge in [-0.05, 0) is 38.0 Å². The van der Waals surface area contributed by atoms with Crippen LogP contribution in [0.2, 0.25) is 0 Å². The van der Waals surface area contributed by atoms with Crippen molar-refractivity contribution in [1.82, 2.24) is 0 Å². The predicted molar refractivity (Wildman–Crippen MR) is 63.8 cm³/mol. The van der Waals surface area contributed by atoms with Crippen LogP contribution in [0.15, 0.2) is 18.2 Å². The van der Waals surface area contributed by atoms with E-state index in [-0.39, 0.29) is 16.9 Å². The Hall–Kier alpha value is -1.89. The van der Waals surface area contributed by atoms with Gasteiger partial charge < -0.3 is 4.74 Å². The number of carbonyl (C=O) groups excluding carboxylic acids is 1. The smallest absolute Gasteiger partial charge is 0.165 e. The van der Waals surface area contributed by atoms with E-state index in [9.17, 15) is 9.18 Å². The second kappa shape index (κ2) is 4.77. The number of ketones is 1. The van der Waals surface area contributed by atoms with Crippen LogP contribution in [-0.2, 0) is 0 Å². The zero-order valence-electron chi connectivity index (χ0n) is 10.2. The van der Waals surface area contributed by atoms with Crippen LogP contribution in [0.1, 0.15) is 36.5 Å². The van der Waals surface area contributed by atoms with Crippen LogP contribution in [-0.4, -0.2) is 12.4 Å². The van der Waals surface area contributed by atoms with Crippen LogP contribution in [0.5, 0.6) is 5.75 Å². The van der Waals surface area contributed by atoms with Crippen molar-refractivity contribution in [2.24, 2.45) is 5.41 Å². The summed E-state index contributed by atoms with van der Waals surface area (Å²) in [7, 11) is 0. The fraction of sp³-hybridized carbons (Fsp3) is 0.429. The highest BCUT2D eigenvalue weighted by atomic mass is 19.1. The largest absolute Gasteiger partial charge is 0.490 e. The van der Waals surface area contributed by atoms with Crippen molar-refractivity contribution < 1.29 is 13.9 Å². The molecule has 0 spiro atoms. The lowest BCUT2D eigenvalue weighted by Gasteiger charge is -2.13. The molecule has 1 aliphatic carbocycles. The van der Waals surface area contributed by atoms with Gasteiger partial charge in [0.2, 0.25) is 0 Å². The van der Waals surface area contributed by atoms with Crippen molar-refractivity contribution in [3.05, 3.63) is 29.6 Å². The fourth-order valence-electron chi connectivity index (χ4n) is 1.78. The summed E-state index contributed by atoms with van der Waals surface area (Å²) in [6, 6.07) is 6.32. The van der Waals surface area contributed by atoms with Gasteiger partial charge in [-0.1, -0.05) is 0 Å². The van der Waals surface area contributed by atoms with Crippen molar-refractivity contribution in [2.45, 2.75) is 26.2 Å². The lowest BCUT2D eigenvalue weighted by Crippen LogP contribution is -2.13. The first-order chi connectivity index (χ1) is 8.56. The van der Waals surface area contributed by atoms with Gasteiger partial charge >= 0.3 is 0 Å². The summed E-state index contributed by atoms with van der Waals surface area (Å²) in [6.45, 7) is 1.75. The van der Waals surface area contributed by atoms with Crippen LogP contribution in [0.3, 0.4) is 0 Å². The van der Waals surface area contributed by atoms with E-state index in [1.807, 2.05) is 0 Å². The minimum Gasteiger partial charge on any atom is -0.490 e. The number of rotatable bonds is 5. The highest BCUT2D eigenvalue weighted by molar-refractivity contribution is 5.94. The first-order valence-electron chi connectivity index (χ1n) is 5.87. The molecule has 1 aliphatic rings. The number of carbonyl (C=O) groups is 1. The van der Waals surface area contributed by atoms with Crippen LogP contribution in [0.25, 0.3) is 0 Å². The summed E-state index contributed by atoms with van der Waals surface area (Å²) < 4.78 is 19.1. The van der Waals surface area contributed by atoms with Gasteiger partial charge in [0.25, 0.3) is 0 Å². The monoisotopic (exact) mass is 247 g/mol. The lowest BCUT2D eigenvalue weighted by atomic mass is 10.1. The second-order valence-electron chi connectivity index (χ2n) is 4.82. The number of hydrogen-bond acceptors (Lipinski definition) is 3. The summed E-state index contributed by atoms with van der Waals surface area (Å²) in [5, 5.41) is 8.67. The van der Waals surface area contributed by atoms with E-state index in [0.29, 0.717) is 18.6 Å². The summed E-state index contributed by atoms with van der Waals surface area (Å²) in [6.07, 6.45) is 2.35. The molecule has 0 saturated heterocycles. The van der Waals surface area contributed by atoms with Gasteiger partial charge in [0.05, 0.1) is 12.7 Å². The van der Waals surface area contributed by atoms with Gasteiger partial charge in [-0.15, -0.1) is 0 Å². The molecule has 1 saturated carbocycles. The highest BCUT2D eigenvalue weighted by Gasteiger charge is 2.43. The van der Waals surface area contributed by atoms with E-state index in [1.54, 1.807) is 6.07 Å². The molecule has 0 amide bonds. The third kappa shape index (κ3) is 2.67. The molecular formula is C14H14FNO2. The van der Waals surface area contributed by atoms with Crippen LogP contribution < -0.4 is 4.74 Å². The molecular weight excluding hydrogens is 233 g/mol. The number of nitriles is 1. The van der Waals surface area contributed by atoms with Gasteiger partial charge in [-0.3, -0.25) is 4.79 Å². The molecule has 1 aromatic carbocycles. The third-order valence-electron chi connectivity index (χ3n) is 3.28. The van der Waals surface area contributed by atoms with Gasteiger partial charge in [0.1, 0.15) is 0 Å². The summed E-state index contributed by atoms with van der Waals surface area (Å²) in [4.78, 5) is 11.1. The van der Waals surface area contributed by atoms with Gasteiger partial charge in [-0.25, -0.2) is 4.39 Å². The molecule has 94 valence electrons. The highest BCUT2D eigenvalue weighted by Crippen LogP contribution is 2.48. The average Bonchev–Trinajstić information content (AvgIpc) is 3.08. The van der Waals surface area contributed by atoms with Gasteiger partial charge in [-0.2, -0.15) is 5.26 Å². The van der Waals surface area contributed by atoms with Crippen molar-refractivity contribution in [3.63, 3.8) is 0 Å². The van der Waals surface area contributed by atoms with E-state index < -0.39 is 5.82 Å². The number of nitrogens with zero attached hydrogens (tertiary/aromatic N) is 1. The van der Waals surface area contributed by atoms with E-state index in [2.05, 4.69) is 6.07 Å². The number of halogens is 1. The Bertz CT molecular complexity index is 515. The molecule has 0 heterocycles. The Labute approximate surface area is 105 Å². The first kappa shape index (κ1) is 12.6. The van der Waals surface area contributed by atoms with E-state index in [0.717, 1.165) is 12.8 Å². The van der Waals surface area contributed by atoms with Crippen LogP contribution in [0, 0.1) is 22.6 Å². The Balaban J connectivity index is 2.02. The molecule has 1 aromatic rings. The number of ether oxygens (including phenoxy) is 1. The number of hydrogen-bond donors (Lipinski definition) is 0. The molecule has 3 nitrogen and oxygen atoms in total. The Kier molecular flexibility index (Phi) is 3.33. The standard InChI is InChI=1S/C14H14FNO2/c1-10(17)11-2-3-13(12(15)8-11)18-9-14(4-5-14)6-7-16/h2-3,8H,4-6,9H2,1H3. The van der Waals surface area contributed by atoms with Crippen molar-refractivity contribution in [1.29, 1.82) is 5.26 Å². The molecule has 0 atom stereocenters. The lowest BCUT2D eigenvalue weighted by molar-refractivity contribution is 0.101. The Morgan fingerprint density at radius 1 is 1.56 bits per heavy atom. The quantitative estimate of drug-likeness (QED) is 0.751. The molecule has 4 heteroatoms. The van der Waals surface area contributed by atoms with Crippen LogP contribution >= 0.6 is 0 Å². The maximum Gasteiger partial charge on any atom is 0.165 e. The normalized spacial score (nSPS) is 15.8. The zero-order chi connectivity index (χ0) is 13.2. The SMILES string of the molecule is CC(=O)c1ccc(OCC2(CC#N)CC2)c(F)c1. The molecule has 0 radical (unpaired) electrons. The number of benzene rings is 1. The zero-order valence-corrected chi connectivity index (χ0v) is 10.2. The minimum atomic E-state index is -0.532. The summed E-state index contributed by atoms with van der Waals surface area (Å²) in [5.41, 5.74) is 0.249. The molecule has 2 rings (SSSR count). The summed E-state index contributed by atoms with van der Waals surface area (Å²) in [5.74, 6) is -0.566. The first-order valence-corrected chi connectivity index (χ1v) is 5.87. The molecule has 0 aromatic heterocycles. The van der Waals surface area contributed by atoms with E-state index in [4.69, 9.17) is 10.00 Å². The van der Waals surface area contributed by atoms with Crippen molar-refractivity contribution in [2.75, 3.05) is 6.61 Å². The van der Waals surface area contributed by atoms with E-state index >= 15 is 0 Å². The molecule has 0 N–H and O–H groups in total. The molecule has 0 aliphatic heterocycles. The Morgan fingerprint density at radius 3 is 2.78 bits per heavy atom. The fourth-order valence-corrected chi connectivity index (χ4v) is 1.78. The van der Waals surface area contributed by atoms with Gasteiger partial charge in [0, 0.05) is 17.4 Å². The Morgan fingerprint density at radius 2 is 2.28 bits per heavy atom. The second-order valence-corrected chi connectivity index (χ2v) is 4.82. The van der Waals surface area contributed by atoms with Crippen molar-refractivity contribution in [3.8, 4) is 11.8 Å². The van der Waals surface area contributed by atoms with Crippen molar-refractivity contribution >= 4 is 5.78 Å². The maximum atomic E-state index is 13.6. The molecule has 1 fully saturated rings. The van der Waals surface area contributed by atoms with Crippen LogP contribution in [0.4, 0.5) is 4.39 Å². The average molecular weight is 247 g/mol. The number of Topliss-reactive ketones (excluding diaryl/α,β-unsaturated/α-hetero) is 1. The maximum absolute atomic E-state index is 13.6. The predicted octanol–water partition coefficient (Wildman–Crippen LogP) is 3.10. The third-order valence-corrected chi connectivity index (χ3v) is 3.28. The molecule has 0 bridgehead atoms.